The molecule has 2 heterocycles. The number of nitrogens with zero attached hydrogens (tertiary/aromatic N) is 3. The Hall–Kier alpha value is -3.16. The Kier molecular flexibility index (Phi) is 4.26. The summed E-state index contributed by atoms with van der Waals surface area (Å²) in [4.78, 5) is 24.1. The van der Waals surface area contributed by atoms with E-state index in [2.05, 4.69) is 15.6 Å². The molecule has 0 aliphatic heterocycles. The van der Waals surface area contributed by atoms with Gasteiger partial charge in [-0.3, -0.25) is 14.6 Å². The van der Waals surface area contributed by atoms with Crippen LogP contribution in [0.2, 0.25) is 0 Å². The Morgan fingerprint density at radius 1 is 1.16 bits per heavy atom. The first-order valence-electron chi connectivity index (χ1n) is 7.73. The van der Waals surface area contributed by atoms with E-state index in [1.54, 1.807) is 30.3 Å². The van der Waals surface area contributed by atoms with Crippen molar-refractivity contribution >= 4 is 11.8 Å². The van der Waals surface area contributed by atoms with Crippen molar-refractivity contribution in [1.29, 1.82) is 0 Å². The van der Waals surface area contributed by atoms with Gasteiger partial charge in [0, 0.05) is 17.0 Å². The van der Waals surface area contributed by atoms with Gasteiger partial charge in [0.25, 0.3) is 0 Å². The maximum atomic E-state index is 12.2. The summed E-state index contributed by atoms with van der Waals surface area (Å²) in [5.41, 5.74) is 1.20. The van der Waals surface area contributed by atoms with Crippen molar-refractivity contribution in [2.45, 2.75) is 32.7 Å². The first-order chi connectivity index (χ1) is 11.8. The topological polar surface area (TPSA) is 103 Å². The molecule has 2 aromatic heterocycles. The van der Waals surface area contributed by atoms with E-state index >= 15 is 0 Å². The van der Waals surface area contributed by atoms with Gasteiger partial charge in [0.1, 0.15) is 6.54 Å². The van der Waals surface area contributed by atoms with Gasteiger partial charge in [-0.15, -0.1) is 0 Å². The molecule has 8 nitrogen and oxygen atoms in total. The summed E-state index contributed by atoms with van der Waals surface area (Å²) in [6.07, 6.45) is 0. The molecular weight excluding hydrogens is 324 g/mol. The highest BCUT2D eigenvalue weighted by Gasteiger charge is 2.21. The normalized spacial score (nSPS) is 11.5. The third-order valence-electron chi connectivity index (χ3n) is 3.56. The zero-order chi connectivity index (χ0) is 18.0. The fourth-order valence-electron chi connectivity index (χ4n) is 2.21. The lowest BCUT2D eigenvalue weighted by Gasteiger charge is -2.12. The highest BCUT2D eigenvalue weighted by atomic mass is 16.5. The molecule has 25 heavy (non-hydrogen) atoms. The summed E-state index contributed by atoms with van der Waals surface area (Å²) < 4.78 is 11.0. The van der Waals surface area contributed by atoms with Crippen molar-refractivity contribution in [3.05, 3.63) is 52.6 Å². The minimum Gasteiger partial charge on any atom is -0.338 e. The molecule has 1 N–H and O–H groups in total. The largest absolute Gasteiger partial charge is 0.442 e. The molecule has 0 spiro atoms. The van der Waals surface area contributed by atoms with E-state index in [4.69, 9.17) is 9.05 Å². The minimum atomic E-state index is -0.707. The van der Waals surface area contributed by atoms with Gasteiger partial charge in [-0.25, -0.2) is 9.36 Å². The highest BCUT2D eigenvalue weighted by Crippen LogP contribution is 2.23. The third kappa shape index (κ3) is 3.68. The first-order valence-corrected chi connectivity index (χ1v) is 7.73. The average Bonchev–Trinajstić information content (AvgIpc) is 3.16. The van der Waals surface area contributed by atoms with E-state index in [0.717, 1.165) is 10.3 Å². The zero-order valence-electron chi connectivity index (χ0n) is 14.1. The standard InChI is InChI=1S/C17H18N4O4/c1-17(2,3)12-9-14(24-19-12)18-13(22)10-21-15(20-25-16(21)23)11-7-5-4-6-8-11/h4-9H,10H2,1-3H3,(H,18,22). The van der Waals surface area contributed by atoms with Crippen LogP contribution >= 0.6 is 0 Å². The van der Waals surface area contributed by atoms with Crippen LogP contribution < -0.4 is 11.1 Å². The maximum Gasteiger partial charge on any atom is 0.442 e. The van der Waals surface area contributed by atoms with E-state index in [1.165, 1.54) is 0 Å². The van der Waals surface area contributed by atoms with Gasteiger partial charge in [0.15, 0.2) is 5.82 Å². The molecule has 130 valence electrons. The van der Waals surface area contributed by atoms with Crippen LogP contribution in [0.1, 0.15) is 26.5 Å². The van der Waals surface area contributed by atoms with Crippen LogP contribution in [0.3, 0.4) is 0 Å². The number of anilines is 1. The molecule has 0 bridgehead atoms. The zero-order valence-corrected chi connectivity index (χ0v) is 14.1. The minimum absolute atomic E-state index is 0.196. The molecule has 3 rings (SSSR count). The van der Waals surface area contributed by atoms with E-state index in [1.807, 2.05) is 26.8 Å². The summed E-state index contributed by atoms with van der Waals surface area (Å²) in [7, 11) is 0. The number of carbonyl (C=O) groups is 1. The van der Waals surface area contributed by atoms with Crippen molar-refractivity contribution in [2.75, 3.05) is 5.32 Å². The van der Waals surface area contributed by atoms with Gasteiger partial charge >= 0.3 is 5.76 Å². The number of aromatic nitrogens is 3. The van der Waals surface area contributed by atoms with E-state index in [0.29, 0.717) is 5.56 Å². The van der Waals surface area contributed by atoms with Crippen molar-refractivity contribution in [1.82, 2.24) is 14.9 Å². The Bertz CT molecular complexity index is 931. The summed E-state index contributed by atoms with van der Waals surface area (Å²) >= 11 is 0. The Balaban J connectivity index is 1.77. The van der Waals surface area contributed by atoms with Crippen LogP contribution in [0.5, 0.6) is 0 Å². The van der Waals surface area contributed by atoms with Gasteiger partial charge < -0.3 is 4.52 Å². The molecule has 0 saturated heterocycles. The van der Waals surface area contributed by atoms with Gasteiger partial charge in [-0.2, -0.15) is 0 Å². The average molecular weight is 342 g/mol. The fraction of sp³-hybridized carbons (Fsp3) is 0.294. The molecule has 0 unspecified atom stereocenters. The monoisotopic (exact) mass is 342 g/mol. The quantitative estimate of drug-likeness (QED) is 0.781. The molecule has 8 heteroatoms. The molecule has 0 radical (unpaired) electrons. The first kappa shape index (κ1) is 16.7. The van der Waals surface area contributed by atoms with E-state index in [9.17, 15) is 9.59 Å². The molecule has 0 atom stereocenters. The fourth-order valence-corrected chi connectivity index (χ4v) is 2.21. The van der Waals surface area contributed by atoms with Crippen LogP contribution in [-0.2, 0) is 16.8 Å². The molecule has 0 saturated carbocycles. The molecular formula is C17H18N4O4. The number of benzene rings is 1. The number of hydrogen-bond acceptors (Lipinski definition) is 6. The van der Waals surface area contributed by atoms with Crippen molar-refractivity contribution in [3.63, 3.8) is 0 Å². The summed E-state index contributed by atoms with van der Waals surface area (Å²) in [6.45, 7) is 5.70. The molecule has 3 aromatic rings. The van der Waals surface area contributed by atoms with E-state index in [-0.39, 0.29) is 23.7 Å². The van der Waals surface area contributed by atoms with E-state index < -0.39 is 11.7 Å². The summed E-state index contributed by atoms with van der Waals surface area (Å²) in [6, 6.07) is 10.7. The predicted octanol–water partition coefficient (Wildman–Crippen LogP) is 2.43. The summed E-state index contributed by atoms with van der Waals surface area (Å²) in [5.74, 6) is -0.643. The van der Waals surface area contributed by atoms with Crippen LogP contribution in [-0.4, -0.2) is 20.8 Å². The van der Waals surface area contributed by atoms with Crippen LogP contribution in [0.25, 0.3) is 11.4 Å². The van der Waals surface area contributed by atoms with Gasteiger partial charge in [-0.05, 0) is 0 Å². The number of carbonyl (C=O) groups excluding carboxylic acids is 1. The van der Waals surface area contributed by atoms with Gasteiger partial charge in [0.2, 0.25) is 11.8 Å². The molecule has 1 amide bonds. The second-order valence-corrected chi connectivity index (χ2v) is 6.60. The lowest BCUT2D eigenvalue weighted by molar-refractivity contribution is -0.116. The lowest BCUT2D eigenvalue weighted by Crippen LogP contribution is -2.25. The van der Waals surface area contributed by atoms with Crippen LogP contribution in [0.15, 0.2) is 50.2 Å². The van der Waals surface area contributed by atoms with Crippen LogP contribution in [0.4, 0.5) is 5.88 Å². The van der Waals surface area contributed by atoms with Gasteiger partial charge in [0.05, 0.1) is 5.69 Å². The smallest absolute Gasteiger partial charge is 0.338 e. The summed E-state index contributed by atoms with van der Waals surface area (Å²) in [5, 5.41) is 10.3. The maximum absolute atomic E-state index is 12.2. The Labute approximate surface area is 143 Å². The van der Waals surface area contributed by atoms with Gasteiger partial charge in [-0.1, -0.05) is 61.4 Å². The Morgan fingerprint density at radius 3 is 2.52 bits per heavy atom. The van der Waals surface area contributed by atoms with Crippen LogP contribution in [0, 0.1) is 0 Å². The highest BCUT2D eigenvalue weighted by molar-refractivity contribution is 5.89. The molecule has 1 aromatic carbocycles. The Morgan fingerprint density at radius 2 is 1.88 bits per heavy atom. The second-order valence-electron chi connectivity index (χ2n) is 6.60. The predicted molar refractivity (Wildman–Crippen MR) is 90.0 cm³/mol. The van der Waals surface area contributed by atoms with Crippen molar-refractivity contribution < 1.29 is 13.8 Å². The molecule has 0 aliphatic rings. The van der Waals surface area contributed by atoms with Crippen molar-refractivity contribution in [3.8, 4) is 11.4 Å². The second kappa shape index (κ2) is 6.39. The van der Waals surface area contributed by atoms with Crippen molar-refractivity contribution in [2.24, 2.45) is 0 Å². The number of hydrogen-bond donors (Lipinski definition) is 1. The SMILES string of the molecule is CC(C)(C)c1cc(NC(=O)Cn2c(-c3ccccc3)noc2=O)on1. The third-order valence-corrected chi connectivity index (χ3v) is 3.56. The molecule has 0 fully saturated rings. The number of rotatable bonds is 4. The number of nitrogens with one attached hydrogen (secondary N) is 1. The molecule has 0 aliphatic carbocycles. The number of amides is 1. The lowest BCUT2D eigenvalue weighted by atomic mass is 9.92.